The van der Waals surface area contributed by atoms with E-state index in [9.17, 15) is 9.59 Å². The molecule has 1 heterocycles. The zero-order valence-electron chi connectivity index (χ0n) is 14.2. The summed E-state index contributed by atoms with van der Waals surface area (Å²) in [5.74, 6) is -0.134. The van der Waals surface area contributed by atoms with Crippen LogP contribution in [0.5, 0.6) is 0 Å². The van der Waals surface area contributed by atoms with Crippen molar-refractivity contribution in [3.8, 4) is 0 Å². The summed E-state index contributed by atoms with van der Waals surface area (Å²) in [6.45, 7) is 2.07. The second kappa shape index (κ2) is 8.53. The van der Waals surface area contributed by atoms with E-state index in [0.717, 1.165) is 12.1 Å². The standard InChI is InChI=1S/C11H12ClNO.C8H9NO2/c1-8-2-7-11(14)13(8)10-5-3-9(12)4-6-10;1-11-8(10)6-2-4-7(9)5-3-6/h3-6,8H,2,7H2,1H3;2-5H,9H2,1H3. The summed E-state index contributed by atoms with van der Waals surface area (Å²) in [4.78, 5) is 24.3. The van der Waals surface area contributed by atoms with Crippen LogP contribution in [0.25, 0.3) is 0 Å². The number of halogens is 1. The molecule has 25 heavy (non-hydrogen) atoms. The lowest BCUT2D eigenvalue weighted by Gasteiger charge is -2.21. The van der Waals surface area contributed by atoms with Gasteiger partial charge in [-0.05, 0) is 61.9 Å². The van der Waals surface area contributed by atoms with E-state index in [1.165, 1.54) is 7.11 Å². The van der Waals surface area contributed by atoms with Crippen LogP contribution in [-0.4, -0.2) is 25.0 Å². The third kappa shape index (κ3) is 4.97. The number of anilines is 2. The maximum Gasteiger partial charge on any atom is 0.337 e. The van der Waals surface area contributed by atoms with E-state index in [1.54, 1.807) is 24.3 Å². The monoisotopic (exact) mass is 360 g/mol. The van der Waals surface area contributed by atoms with E-state index in [1.807, 2.05) is 29.2 Å². The van der Waals surface area contributed by atoms with Gasteiger partial charge in [0.15, 0.2) is 0 Å². The highest BCUT2D eigenvalue weighted by atomic mass is 35.5. The Morgan fingerprint density at radius 2 is 1.76 bits per heavy atom. The molecule has 1 fully saturated rings. The van der Waals surface area contributed by atoms with Gasteiger partial charge in [-0.2, -0.15) is 0 Å². The Morgan fingerprint density at radius 1 is 1.16 bits per heavy atom. The number of nitrogens with two attached hydrogens (primary N) is 1. The Morgan fingerprint density at radius 3 is 2.24 bits per heavy atom. The molecule has 1 amide bonds. The molecular weight excluding hydrogens is 340 g/mol. The van der Waals surface area contributed by atoms with Crippen molar-refractivity contribution < 1.29 is 14.3 Å². The molecule has 1 aliphatic heterocycles. The van der Waals surface area contributed by atoms with Crippen LogP contribution in [0, 0.1) is 0 Å². The number of nitrogens with zero attached hydrogens (tertiary/aromatic N) is 1. The van der Waals surface area contributed by atoms with Gasteiger partial charge in [0.25, 0.3) is 0 Å². The largest absolute Gasteiger partial charge is 0.465 e. The van der Waals surface area contributed by atoms with Crippen molar-refractivity contribution in [2.45, 2.75) is 25.8 Å². The van der Waals surface area contributed by atoms with Crippen LogP contribution in [0.2, 0.25) is 5.02 Å². The minimum Gasteiger partial charge on any atom is -0.465 e. The van der Waals surface area contributed by atoms with Gasteiger partial charge in [-0.1, -0.05) is 11.6 Å². The number of benzene rings is 2. The quantitative estimate of drug-likeness (QED) is 0.651. The van der Waals surface area contributed by atoms with Gasteiger partial charge in [0.05, 0.1) is 12.7 Å². The van der Waals surface area contributed by atoms with Crippen LogP contribution in [0.15, 0.2) is 48.5 Å². The molecule has 0 bridgehead atoms. The second-order valence-corrected chi connectivity index (χ2v) is 6.18. The first-order valence-electron chi connectivity index (χ1n) is 7.94. The van der Waals surface area contributed by atoms with Crippen LogP contribution in [0.3, 0.4) is 0 Å². The molecular formula is C19H21ClN2O3. The Labute approximate surface area is 152 Å². The number of rotatable bonds is 2. The summed E-state index contributed by atoms with van der Waals surface area (Å²) in [7, 11) is 1.35. The molecule has 2 aromatic carbocycles. The SMILES string of the molecule is CC1CCC(=O)N1c1ccc(Cl)cc1.COC(=O)c1ccc(N)cc1. The normalized spacial score (nSPS) is 16.2. The zero-order chi connectivity index (χ0) is 18.4. The van der Waals surface area contributed by atoms with Crippen LogP contribution < -0.4 is 10.6 Å². The van der Waals surface area contributed by atoms with Crippen molar-refractivity contribution in [1.29, 1.82) is 0 Å². The fourth-order valence-electron chi connectivity index (χ4n) is 2.56. The molecule has 1 atom stereocenters. The number of carbonyl (C=O) groups is 2. The molecule has 2 aromatic rings. The van der Waals surface area contributed by atoms with E-state index < -0.39 is 0 Å². The van der Waals surface area contributed by atoms with Gasteiger partial charge in [-0.15, -0.1) is 0 Å². The molecule has 0 aliphatic carbocycles. The average Bonchev–Trinajstić information content (AvgIpc) is 2.95. The Balaban J connectivity index is 0.000000186. The van der Waals surface area contributed by atoms with Crippen LogP contribution in [0.1, 0.15) is 30.1 Å². The van der Waals surface area contributed by atoms with E-state index in [0.29, 0.717) is 28.7 Å². The predicted octanol–water partition coefficient (Wildman–Crippen LogP) is 3.91. The summed E-state index contributed by atoms with van der Waals surface area (Å²) >= 11 is 5.79. The maximum absolute atomic E-state index is 11.6. The fraction of sp³-hybridized carbons (Fsp3) is 0.263. The highest BCUT2D eigenvalue weighted by Crippen LogP contribution is 2.27. The lowest BCUT2D eigenvalue weighted by molar-refractivity contribution is -0.117. The summed E-state index contributed by atoms with van der Waals surface area (Å²) < 4.78 is 4.50. The van der Waals surface area contributed by atoms with Gasteiger partial charge < -0.3 is 15.4 Å². The van der Waals surface area contributed by atoms with Crippen LogP contribution in [-0.2, 0) is 9.53 Å². The molecule has 1 unspecified atom stereocenters. The number of ether oxygens (including phenoxy) is 1. The molecule has 0 spiro atoms. The van der Waals surface area contributed by atoms with Crippen LogP contribution >= 0.6 is 11.6 Å². The Hall–Kier alpha value is -2.53. The predicted molar refractivity (Wildman–Crippen MR) is 99.8 cm³/mol. The molecule has 0 saturated carbocycles. The minimum absolute atomic E-state index is 0.208. The first-order chi connectivity index (χ1) is 11.9. The van der Waals surface area contributed by atoms with Gasteiger partial charge in [-0.3, -0.25) is 4.79 Å². The topological polar surface area (TPSA) is 72.6 Å². The molecule has 1 saturated heterocycles. The number of carbonyl (C=O) groups excluding carboxylic acids is 2. The number of amides is 1. The van der Waals surface area contributed by atoms with Crippen molar-refractivity contribution >= 4 is 34.9 Å². The lowest BCUT2D eigenvalue weighted by atomic mass is 10.2. The Kier molecular flexibility index (Phi) is 6.42. The van der Waals surface area contributed by atoms with Crippen molar-refractivity contribution in [2.24, 2.45) is 0 Å². The summed E-state index contributed by atoms with van der Waals surface area (Å²) in [6, 6.07) is 14.3. The van der Waals surface area contributed by atoms with E-state index in [2.05, 4.69) is 11.7 Å². The number of hydrogen-bond donors (Lipinski definition) is 1. The van der Waals surface area contributed by atoms with Crippen molar-refractivity contribution in [3.05, 3.63) is 59.1 Å². The molecule has 2 N–H and O–H groups in total. The highest BCUT2D eigenvalue weighted by Gasteiger charge is 2.28. The van der Waals surface area contributed by atoms with Gasteiger partial charge in [0.1, 0.15) is 0 Å². The van der Waals surface area contributed by atoms with Crippen LogP contribution in [0.4, 0.5) is 11.4 Å². The molecule has 132 valence electrons. The molecule has 6 heteroatoms. The molecule has 1 aliphatic rings. The molecule has 0 radical (unpaired) electrons. The number of nitrogen functional groups attached to an aromatic ring is 1. The highest BCUT2D eigenvalue weighted by molar-refractivity contribution is 6.30. The lowest BCUT2D eigenvalue weighted by Crippen LogP contribution is -2.30. The molecule has 0 aromatic heterocycles. The van der Waals surface area contributed by atoms with E-state index in [4.69, 9.17) is 17.3 Å². The van der Waals surface area contributed by atoms with Gasteiger partial charge >= 0.3 is 5.97 Å². The minimum atomic E-state index is -0.343. The summed E-state index contributed by atoms with van der Waals surface area (Å²) in [5.41, 5.74) is 7.52. The fourth-order valence-corrected chi connectivity index (χ4v) is 2.69. The molecule has 5 nitrogen and oxygen atoms in total. The van der Waals surface area contributed by atoms with E-state index >= 15 is 0 Å². The Bertz CT molecular complexity index is 729. The average molecular weight is 361 g/mol. The van der Waals surface area contributed by atoms with Crippen molar-refractivity contribution in [1.82, 2.24) is 0 Å². The van der Waals surface area contributed by atoms with Gasteiger partial charge in [-0.25, -0.2) is 4.79 Å². The van der Waals surface area contributed by atoms with Crippen molar-refractivity contribution in [3.63, 3.8) is 0 Å². The summed E-state index contributed by atoms with van der Waals surface area (Å²) in [5, 5.41) is 0.702. The number of methoxy groups -OCH3 is 1. The van der Waals surface area contributed by atoms with Gasteiger partial charge in [0.2, 0.25) is 5.91 Å². The third-order valence-electron chi connectivity index (χ3n) is 3.92. The second-order valence-electron chi connectivity index (χ2n) is 5.74. The summed E-state index contributed by atoms with van der Waals surface area (Å²) in [6.07, 6.45) is 1.60. The number of esters is 1. The van der Waals surface area contributed by atoms with Crippen molar-refractivity contribution in [2.75, 3.05) is 17.7 Å². The zero-order valence-corrected chi connectivity index (χ0v) is 15.0. The first-order valence-corrected chi connectivity index (χ1v) is 8.31. The maximum atomic E-state index is 11.6. The van der Waals surface area contributed by atoms with E-state index in [-0.39, 0.29) is 11.9 Å². The smallest absolute Gasteiger partial charge is 0.337 e. The number of hydrogen-bond acceptors (Lipinski definition) is 4. The first kappa shape index (κ1) is 18.8. The molecule has 3 rings (SSSR count). The van der Waals surface area contributed by atoms with Gasteiger partial charge in [0, 0.05) is 28.9 Å². The third-order valence-corrected chi connectivity index (χ3v) is 4.17.